The van der Waals surface area contributed by atoms with E-state index in [0.717, 1.165) is 0 Å². The molecule has 2 rings (SSSR count). The highest BCUT2D eigenvalue weighted by atomic mass is 16.4. The van der Waals surface area contributed by atoms with E-state index in [1.165, 1.54) is 18.9 Å². The summed E-state index contributed by atoms with van der Waals surface area (Å²) in [5.74, 6) is -0.657. The number of aromatic amines is 2. The van der Waals surface area contributed by atoms with Gasteiger partial charge in [0.15, 0.2) is 0 Å². The highest BCUT2D eigenvalue weighted by molar-refractivity contribution is 5.82. The van der Waals surface area contributed by atoms with Gasteiger partial charge in [-0.25, -0.2) is 19.6 Å². The second kappa shape index (κ2) is 6.31. The van der Waals surface area contributed by atoms with Crippen molar-refractivity contribution in [1.29, 1.82) is 0 Å². The van der Waals surface area contributed by atoms with E-state index in [-0.39, 0.29) is 13.0 Å². The summed E-state index contributed by atoms with van der Waals surface area (Å²) >= 11 is 0. The molecule has 0 fully saturated rings. The average Bonchev–Trinajstić information content (AvgIpc) is 3.08. The number of nitrogens with zero attached hydrogens (tertiary/aromatic N) is 3. The first-order chi connectivity index (χ1) is 9.65. The van der Waals surface area contributed by atoms with Crippen LogP contribution in [0.15, 0.2) is 18.9 Å². The Bertz CT molecular complexity index is 551. The van der Waals surface area contributed by atoms with Crippen molar-refractivity contribution in [2.45, 2.75) is 19.0 Å². The van der Waals surface area contributed by atoms with E-state index in [1.54, 1.807) is 0 Å². The van der Waals surface area contributed by atoms with Gasteiger partial charge in [0.2, 0.25) is 0 Å². The number of carbonyl (C=O) groups excluding carboxylic acids is 1. The Labute approximate surface area is 113 Å². The van der Waals surface area contributed by atoms with E-state index in [4.69, 9.17) is 5.11 Å². The predicted molar refractivity (Wildman–Crippen MR) is 65.5 cm³/mol. The number of carbonyl (C=O) groups is 2. The van der Waals surface area contributed by atoms with Crippen molar-refractivity contribution in [3.05, 3.63) is 30.4 Å². The van der Waals surface area contributed by atoms with Crippen LogP contribution < -0.4 is 10.6 Å². The number of amides is 2. The fourth-order valence-corrected chi connectivity index (χ4v) is 1.51. The minimum Gasteiger partial charge on any atom is -0.480 e. The lowest BCUT2D eigenvalue weighted by Crippen LogP contribution is -2.47. The summed E-state index contributed by atoms with van der Waals surface area (Å²) in [5.41, 5.74) is 0.618. The van der Waals surface area contributed by atoms with Crippen LogP contribution in [0.2, 0.25) is 0 Å². The molecule has 10 heteroatoms. The summed E-state index contributed by atoms with van der Waals surface area (Å²) in [6.07, 6.45) is 4.38. The normalized spacial score (nSPS) is 11.8. The van der Waals surface area contributed by atoms with Crippen molar-refractivity contribution >= 4 is 12.0 Å². The number of carboxylic acid groups (broad SMARTS) is 1. The summed E-state index contributed by atoms with van der Waals surface area (Å²) in [7, 11) is 0. The second-order valence-corrected chi connectivity index (χ2v) is 3.93. The van der Waals surface area contributed by atoms with Crippen molar-refractivity contribution in [3.8, 4) is 0 Å². The van der Waals surface area contributed by atoms with Gasteiger partial charge in [0.25, 0.3) is 0 Å². The Morgan fingerprint density at radius 3 is 2.90 bits per heavy atom. The summed E-state index contributed by atoms with van der Waals surface area (Å²) in [4.78, 5) is 33.1. The number of hydrogen-bond donors (Lipinski definition) is 5. The number of nitrogens with one attached hydrogen (secondary N) is 4. The quantitative estimate of drug-likeness (QED) is 0.459. The van der Waals surface area contributed by atoms with Crippen LogP contribution in [-0.4, -0.2) is 48.3 Å². The number of rotatable bonds is 6. The summed E-state index contributed by atoms with van der Waals surface area (Å²) in [6, 6.07) is -1.65. The molecule has 0 aliphatic carbocycles. The van der Waals surface area contributed by atoms with Crippen molar-refractivity contribution in [2.75, 3.05) is 0 Å². The van der Waals surface area contributed by atoms with Crippen LogP contribution in [0, 0.1) is 0 Å². The second-order valence-electron chi connectivity index (χ2n) is 3.93. The molecule has 20 heavy (non-hydrogen) atoms. The van der Waals surface area contributed by atoms with Crippen LogP contribution in [0.5, 0.6) is 0 Å². The zero-order chi connectivity index (χ0) is 14.4. The molecule has 0 saturated carbocycles. The Balaban J connectivity index is 1.84. The van der Waals surface area contributed by atoms with Crippen LogP contribution in [0.4, 0.5) is 4.79 Å². The van der Waals surface area contributed by atoms with Gasteiger partial charge in [0, 0.05) is 18.3 Å². The zero-order valence-electron chi connectivity index (χ0n) is 10.3. The molecule has 1 unspecified atom stereocenters. The van der Waals surface area contributed by atoms with Gasteiger partial charge in [-0.1, -0.05) is 0 Å². The Hall–Kier alpha value is -2.91. The largest absolute Gasteiger partial charge is 0.480 e. The van der Waals surface area contributed by atoms with Crippen LogP contribution in [0.1, 0.15) is 11.5 Å². The Morgan fingerprint density at radius 2 is 2.30 bits per heavy atom. The first kappa shape index (κ1) is 13.5. The molecule has 2 aromatic heterocycles. The number of imidazole rings is 1. The number of urea groups is 1. The molecule has 0 aromatic carbocycles. The molecular weight excluding hydrogens is 266 g/mol. The van der Waals surface area contributed by atoms with Crippen LogP contribution in [-0.2, 0) is 17.8 Å². The number of aromatic nitrogens is 5. The molecule has 0 saturated heterocycles. The van der Waals surface area contributed by atoms with E-state index in [1.807, 2.05) is 0 Å². The fourth-order valence-electron chi connectivity index (χ4n) is 1.51. The van der Waals surface area contributed by atoms with Crippen LogP contribution in [0.25, 0.3) is 0 Å². The maximum atomic E-state index is 11.6. The van der Waals surface area contributed by atoms with Crippen LogP contribution >= 0.6 is 0 Å². The van der Waals surface area contributed by atoms with Gasteiger partial charge in [0.1, 0.15) is 18.2 Å². The van der Waals surface area contributed by atoms with Gasteiger partial charge in [0.05, 0.1) is 12.9 Å². The molecule has 2 amide bonds. The van der Waals surface area contributed by atoms with Gasteiger partial charge < -0.3 is 20.7 Å². The van der Waals surface area contributed by atoms with E-state index in [9.17, 15) is 9.59 Å². The lowest BCUT2D eigenvalue weighted by atomic mass is 10.2. The molecule has 0 radical (unpaired) electrons. The smallest absolute Gasteiger partial charge is 0.326 e. The first-order valence-electron chi connectivity index (χ1n) is 5.74. The van der Waals surface area contributed by atoms with Gasteiger partial charge in [-0.2, -0.15) is 5.10 Å². The molecule has 0 spiro atoms. The van der Waals surface area contributed by atoms with Crippen molar-refractivity contribution in [2.24, 2.45) is 0 Å². The summed E-state index contributed by atoms with van der Waals surface area (Å²) in [6.45, 7) is 0.127. The van der Waals surface area contributed by atoms with E-state index < -0.39 is 18.0 Å². The Morgan fingerprint density at radius 1 is 1.45 bits per heavy atom. The van der Waals surface area contributed by atoms with Gasteiger partial charge >= 0.3 is 12.0 Å². The molecule has 106 valence electrons. The minimum atomic E-state index is -1.13. The molecule has 0 aliphatic heterocycles. The van der Waals surface area contributed by atoms with E-state index >= 15 is 0 Å². The fraction of sp³-hybridized carbons (Fsp3) is 0.300. The summed E-state index contributed by atoms with van der Waals surface area (Å²) < 4.78 is 0. The van der Waals surface area contributed by atoms with Crippen molar-refractivity contribution < 1.29 is 14.7 Å². The molecule has 10 nitrogen and oxygen atoms in total. The third-order valence-electron chi connectivity index (χ3n) is 2.46. The molecule has 5 N–H and O–H groups in total. The SMILES string of the molecule is O=C(NCc1ncn[nH]1)NC(Cc1cnc[nH]1)C(=O)O. The number of aliphatic carboxylic acids is 1. The molecule has 2 aromatic rings. The standard InChI is InChI=1S/C10H13N7O3/c18-9(19)7(1-6-2-11-4-13-6)16-10(20)12-3-8-14-5-15-17-8/h2,4-5,7H,1,3H2,(H,11,13)(H,18,19)(H2,12,16,20)(H,14,15,17). The third kappa shape index (κ3) is 3.80. The van der Waals surface area contributed by atoms with Crippen molar-refractivity contribution in [1.82, 2.24) is 35.8 Å². The van der Waals surface area contributed by atoms with E-state index in [0.29, 0.717) is 11.5 Å². The molecule has 2 heterocycles. The van der Waals surface area contributed by atoms with Crippen LogP contribution in [0.3, 0.4) is 0 Å². The van der Waals surface area contributed by atoms with Gasteiger partial charge in [-0.05, 0) is 0 Å². The first-order valence-corrected chi connectivity index (χ1v) is 5.74. The number of hydrogen-bond acceptors (Lipinski definition) is 5. The van der Waals surface area contributed by atoms with E-state index in [2.05, 4.69) is 35.8 Å². The highest BCUT2D eigenvalue weighted by Crippen LogP contribution is 1.98. The minimum absolute atomic E-state index is 0.116. The number of H-pyrrole nitrogens is 2. The lowest BCUT2D eigenvalue weighted by molar-refractivity contribution is -0.139. The molecule has 0 aliphatic rings. The zero-order valence-corrected chi connectivity index (χ0v) is 10.3. The lowest BCUT2D eigenvalue weighted by Gasteiger charge is -2.13. The van der Waals surface area contributed by atoms with Crippen molar-refractivity contribution in [3.63, 3.8) is 0 Å². The maximum absolute atomic E-state index is 11.6. The predicted octanol–water partition coefficient (Wildman–Crippen LogP) is -0.977. The topological polar surface area (TPSA) is 149 Å². The molecular formula is C10H13N7O3. The van der Waals surface area contributed by atoms with Gasteiger partial charge in [-0.15, -0.1) is 0 Å². The average molecular weight is 279 g/mol. The monoisotopic (exact) mass is 279 g/mol. The van der Waals surface area contributed by atoms with Gasteiger partial charge in [-0.3, -0.25) is 5.10 Å². The molecule has 0 bridgehead atoms. The Kier molecular flexibility index (Phi) is 4.27. The summed E-state index contributed by atoms with van der Waals surface area (Å²) in [5, 5.41) is 20.1. The number of carboxylic acids is 1. The molecule has 1 atom stereocenters. The highest BCUT2D eigenvalue weighted by Gasteiger charge is 2.20. The third-order valence-corrected chi connectivity index (χ3v) is 2.46. The maximum Gasteiger partial charge on any atom is 0.326 e.